The molecule has 3 rings (SSSR count). The van der Waals surface area contributed by atoms with Crippen molar-refractivity contribution in [3.63, 3.8) is 0 Å². The lowest BCUT2D eigenvalue weighted by Gasteiger charge is -2.16. The van der Waals surface area contributed by atoms with Crippen molar-refractivity contribution < 1.29 is 0 Å². The van der Waals surface area contributed by atoms with Gasteiger partial charge in [-0.2, -0.15) is 0 Å². The third-order valence-electron chi connectivity index (χ3n) is 2.62. The Hall–Kier alpha value is -2.02. The lowest BCUT2D eigenvalue weighted by atomic mass is 10.4. The molecule has 7 heteroatoms. The fourth-order valence-electron chi connectivity index (χ4n) is 1.80. The highest BCUT2D eigenvalue weighted by Gasteiger charge is 2.11. The third-order valence-corrected chi connectivity index (χ3v) is 3.52. The van der Waals surface area contributed by atoms with E-state index in [1.54, 1.807) is 23.9 Å². The van der Waals surface area contributed by atoms with E-state index in [1.807, 2.05) is 30.8 Å². The Bertz CT molecular complexity index is 673. The molecule has 0 fully saturated rings. The van der Waals surface area contributed by atoms with E-state index >= 15 is 0 Å². The van der Waals surface area contributed by atoms with Crippen molar-refractivity contribution in [3.8, 4) is 0 Å². The highest BCUT2D eigenvalue weighted by atomic mass is 32.1. The Kier molecular flexibility index (Phi) is 2.67. The summed E-state index contributed by atoms with van der Waals surface area (Å²) in [4.78, 5) is 11.9. The second-order valence-electron chi connectivity index (χ2n) is 4.01. The lowest BCUT2D eigenvalue weighted by molar-refractivity contribution is 0.902. The summed E-state index contributed by atoms with van der Waals surface area (Å²) < 4.78 is 1.86. The molecule has 0 atom stereocenters. The van der Waals surface area contributed by atoms with Crippen molar-refractivity contribution in [2.45, 2.75) is 13.5 Å². The van der Waals surface area contributed by atoms with Gasteiger partial charge in [-0.05, 0) is 6.92 Å². The number of nitrogens with zero attached hydrogens (tertiary/aromatic N) is 6. The predicted molar refractivity (Wildman–Crippen MR) is 69.7 cm³/mol. The van der Waals surface area contributed by atoms with Gasteiger partial charge in [0.25, 0.3) is 0 Å². The summed E-state index contributed by atoms with van der Waals surface area (Å²) >= 11 is 1.69. The normalized spacial score (nSPS) is 11.0. The SMILES string of the molecule is Cc1ncc(CN(C)c2nccn3cnnc23)s1. The van der Waals surface area contributed by atoms with Gasteiger partial charge in [0, 0.05) is 30.5 Å². The number of fused-ring (bicyclic) bond motifs is 1. The molecule has 0 unspecified atom stereocenters. The van der Waals surface area contributed by atoms with Gasteiger partial charge in [0.1, 0.15) is 6.33 Å². The molecule has 3 heterocycles. The first-order valence-corrected chi connectivity index (χ1v) is 6.32. The molecule has 6 nitrogen and oxygen atoms in total. The van der Waals surface area contributed by atoms with Crippen LogP contribution >= 0.6 is 11.3 Å². The molecule has 0 aromatic carbocycles. The van der Waals surface area contributed by atoms with Crippen LogP contribution in [-0.4, -0.2) is 31.6 Å². The van der Waals surface area contributed by atoms with Gasteiger partial charge >= 0.3 is 0 Å². The summed E-state index contributed by atoms with van der Waals surface area (Å²) in [5, 5.41) is 9.05. The van der Waals surface area contributed by atoms with Crippen LogP contribution in [0, 0.1) is 6.92 Å². The maximum atomic E-state index is 4.37. The van der Waals surface area contributed by atoms with Gasteiger partial charge in [-0.3, -0.25) is 4.40 Å². The Labute approximate surface area is 108 Å². The molecule has 0 aliphatic rings. The molecule has 18 heavy (non-hydrogen) atoms. The number of aryl methyl sites for hydroxylation is 1. The van der Waals surface area contributed by atoms with Crippen LogP contribution in [0.5, 0.6) is 0 Å². The number of aromatic nitrogens is 5. The number of rotatable bonds is 3. The second-order valence-corrected chi connectivity index (χ2v) is 5.33. The average molecular weight is 260 g/mol. The minimum absolute atomic E-state index is 0.765. The quantitative estimate of drug-likeness (QED) is 0.714. The minimum Gasteiger partial charge on any atom is -0.351 e. The van der Waals surface area contributed by atoms with Crippen molar-refractivity contribution in [2.24, 2.45) is 0 Å². The number of hydrogen-bond donors (Lipinski definition) is 0. The molecule has 3 aromatic rings. The van der Waals surface area contributed by atoms with E-state index < -0.39 is 0 Å². The van der Waals surface area contributed by atoms with Crippen molar-refractivity contribution in [2.75, 3.05) is 11.9 Å². The molecule has 3 aromatic heterocycles. The van der Waals surface area contributed by atoms with E-state index in [0.717, 1.165) is 23.0 Å². The highest BCUT2D eigenvalue weighted by molar-refractivity contribution is 7.11. The topological polar surface area (TPSA) is 59.2 Å². The van der Waals surface area contributed by atoms with Gasteiger partial charge in [0.05, 0.1) is 11.6 Å². The molecule has 0 N–H and O–H groups in total. The molecule has 0 saturated heterocycles. The zero-order valence-corrected chi connectivity index (χ0v) is 10.9. The van der Waals surface area contributed by atoms with Gasteiger partial charge in [0.2, 0.25) is 5.65 Å². The highest BCUT2D eigenvalue weighted by Crippen LogP contribution is 2.19. The fourth-order valence-corrected chi connectivity index (χ4v) is 2.65. The van der Waals surface area contributed by atoms with Crippen molar-refractivity contribution >= 4 is 22.8 Å². The molecular weight excluding hydrogens is 248 g/mol. The van der Waals surface area contributed by atoms with Crippen LogP contribution in [0.15, 0.2) is 24.9 Å². The average Bonchev–Trinajstić information content (AvgIpc) is 2.97. The summed E-state index contributed by atoms with van der Waals surface area (Å²) in [5.41, 5.74) is 0.765. The number of thiazole rings is 1. The van der Waals surface area contributed by atoms with Gasteiger partial charge < -0.3 is 4.90 Å². The zero-order valence-electron chi connectivity index (χ0n) is 10.1. The summed E-state index contributed by atoms with van der Waals surface area (Å²) in [6.45, 7) is 2.77. The lowest BCUT2D eigenvalue weighted by Crippen LogP contribution is -2.18. The predicted octanol–water partition coefficient (Wildman–Crippen LogP) is 1.53. The minimum atomic E-state index is 0.765. The first-order valence-electron chi connectivity index (χ1n) is 5.51. The third kappa shape index (κ3) is 1.92. The van der Waals surface area contributed by atoms with E-state index in [-0.39, 0.29) is 0 Å². The maximum Gasteiger partial charge on any atom is 0.203 e. The van der Waals surface area contributed by atoms with E-state index in [9.17, 15) is 0 Å². The van der Waals surface area contributed by atoms with Crippen LogP contribution in [0.1, 0.15) is 9.88 Å². The molecule has 0 radical (unpaired) electrons. The van der Waals surface area contributed by atoms with Crippen LogP contribution in [0.25, 0.3) is 5.65 Å². The Balaban J connectivity index is 1.92. The Morgan fingerprint density at radius 3 is 3.06 bits per heavy atom. The summed E-state index contributed by atoms with van der Waals surface area (Å²) in [6, 6.07) is 0. The van der Waals surface area contributed by atoms with Crippen molar-refractivity contribution in [3.05, 3.63) is 34.8 Å². The number of hydrogen-bond acceptors (Lipinski definition) is 6. The monoisotopic (exact) mass is 260 g/mol. The largest absolute Gasteiger partial charge is 0.351 e. The summed E-state index contributed by atoms with van der Waals surface area (Å²) in [6.07, 6.45) is 7.16. The van der Waals surface area contributed by atoms with Gasteiger partial charge in [-0.15, -0.1) is 21.5 Å². The molecule has 0 aliphatic heterocycles. The van der Waals surface area contributed by atoms with Crippen molar-refractivity contribution in [1.29, 1.82) is 0 Å². The first-order chi connectivity index (χ1) is 8.74. The number of anilines is 1. The van der Waals surface area contributed by atoms with Gasteiger partial charge in [-0.1, -0.05) is 0 Å². The van der Waals surface area contributed by atoms with Crippen LogP contribution in [-0.2, 0) is 6.54 Å². The molecule has 92 valence electrons. The molecule has 0 bridgehead atoms. The molecule has 0 aliphatic carbocycles. The summed E-state index contributed by atoms with van der Waals surface area (Å²) in [5.74, 6) is 0.820. The van der Waals surface area contributed by atoms with E-state index in [2.05, 4.69) is 25.1 Å². The fraction of sp³-hybridized carbons (Fsp3) is 0.273. The smallest absolute Gasteiger partial charge is 0.203 e. The van der Waals surface area contributed by atoms with Crippen LogP contribution in [0.3, 0.4) is 0 Å². The van der Waals surface area contributed by atoms with E-state index in [1.165, 1.54) is 4.88 Å². The molecule has 0 saturated carbocycles. The van der Waals surface area contributed by atoms with Crippen molar-refractivity contribution in [1.82, 2.24) is 24.6 Å². The summed E-state index contributed by atoms with van der Waals surface area (Å²) in [7, 11) is 1.99. The van der Waals surface area contributed by atoms with Crippen LogP contribution in [0.4, 0.5) is 5.82 Å². The molecule has 0 spiro atoms. The zero-order chi connectivity index (χ0) is 12.5. The second kappa shape index (κ2) is 4.34. The Morgan fingerprint density at radius 2 is 2.28 bits per heavy atom. The standard InChI is InChI=1S/C11H12N6S/c1-8-13-5-9(18-8)6-16(2)10-11-15-14-7-17(11)4-3-12-10/h3-5,7H,6H2,1-2H3. The van der Waals surface area contributed by atoms with Gasteiger partial charge in [0.15, 0.2) is 5.82 Å². The molecule has 0 amide bonds. The van der Waals surface area contributed by atoms with E-state index in [4.69, 9.17) is 0 Å². The van der Waals surface area contributed by atoms with Crippen LogP contribution in [0.2, 0.25) is 0 Å². The van der Waals surface area contributed by atoms with Gasteiger partial charge in [-0.25, -0.2) is 9.97 Å². The van der Waals surface area contributed by atoms with E-state index in [0.29, 0.717) is 0 Å². The first kappa shape index (κ1) is 11.1. The molecular formula is C11H12N6S. The van der Waals surface area contributed by atoms with Crippen LogP contribution < -0.4 is 4.90 Å². The Morgan fingerprint density at radius 1 is 1.39 bits per heavy atom. The maximum absolute atomic E-state index is 4.37.